The number of amides is 1. The van der Waals surface area contributed by atoms with E-state index in [-0.39, 0.29) is 17.7 Å². The molecule has 1 aliphatic rings. The molecule has 0 unspecified atom stereocenters. The summed E-state index contributed by atoms with van der Waals surface area (Å²) in [5, 5.41) is 3.12. The fourth-order valence-corrected chi connectivity index (χ4v) is 4.06. The van der Waals surface area contributed by atoms with Gasteiger partial charge in [0.2, 0.25) is 0 Å². The van der Waals surface area contributed by atoms with Crippen LogP contribution in [0.15, 0.2) is 36.4 Å². The first-order chi connectivity index (χ1) is 12.5. The summed E-state index contributed by atoms with van der Waals surface area (Å²) < 4.78 is 5.29. The number of carbonyl (C=O) groups is 2. The number of hydrogen-bond donors (Lipinski definition) is 1. The molecule has 1 aromatic carbocycles. The molecule has 138 valence electrons. The predicted molar refractivity (Wildman–Crippen MR) is 103 cm³/mol. The van der Waals surface area contributed by atoms with Crippen molar-refractivity contribution in [3.8, 4) is 5.75 Å². The summed E-state index contributed by atoms with van der Waals surface area (Å²) in [6.45, 7) is 4.22. The molecule has 6 heteroatoms. The van der Waals surface area contributed by atoms with Crippen LogP contribution in [0.25, 0.3) is 0 Å². The Bertz CT molecular complexity index is 787. The van der Waals surface area contributed by atoms with Gasteiger partial charge in [0, 0.05) is 19.1 Å². The number of nitrogens with one attached hydrogen (secondary N) is 1. The summed E-state index contributed by atoms with van der Waals surface area (Å²) in [7, 11) is 1.67. The first-order valence-electron chi connectivity index (χ1n) is 8.82. The van der Waals surface area contributed by atoms with Crippen molar-refractivity contribution in [2.24, 2.45) is 0 Å². The zero-order valence-electron chi connectivity index (χ0n) is 15.2. The van der Waals surface area contributed by atoms with E-state index in [1.807, 2.05) is 12.1 Å². The van der Waals surface area contributed by atoms with Gasteiger partial charge in [-0.05, 0) is 56.1 Å². The maximum Gasteiger partial charge on any atom is 0.261 e. The highest BCUT2D eigenvalue weighted by atomic mass is 32.1. The van der Waals surface area contributed by atoms with Crippen molar-refractivity contribution in [2.75, 3.05) is 20.2 Å². The molecule has 2 heterocycles. The lowest BCUT2D eigenvalue weighted by Gasteiger charge is -2.33. The Labute approximate surface area is 158 Å². The smallest absolute Gasteiger partial charge is 0.261 e. The number of thiophene rings is 1. The number of methoxy groups -OCH3 is 1. The minimum atomic E-state index is -0.0873. The zero-order chi connectivity index (χ0) is 18.5. The number of Topliss-reactive ketones (excluding diaryl/α,β-unsaturated/α-hetero) is 1. The van der Waals surface area contributed by atoms with Gasteiger partial charge in [-0.25, -0.2) is 0 Å². The number of hydrogen-bond acceptors (Lipinski definition) is 5. The Hall–Kier alpha value is -2.18. The molecular formula is C20H24N2O3S. The van der Waals surface area contributed by atoms with Crippen molar-refractivity contribution in [3.05, 3.63) is 51.7 Å². The molecule has 1 aromatic heterocycles. The van der Waals surface area contributed by atoms with Gasteiger partial charge in [0.25, 0.3) is 5.91 Å². The summed E-state index contributed by atoms with van der Waals surface area (Å²) in [6.07, 6.45) is 2.03. The molecule has 0 bridgehead atoms. The van der Waals surface area contributed by atoms with Crippen LogP contribution in [0.2, 0.25) is 0 Å². The van der Waals surface area contributed by atoms with Gasteiger partial charge in [0.15, 0.2) is 5.78 Å². The monoisotopic (exact) mass is 372 g/mol. The highest BCUT2D eigenvalue weighted by Crippen LogP contribution is 2.20. The number of piperidine rings is 1. The lowest BCUT2D eigenvalue weighted by molar-refractivity contribution is 0.0904. The van der Waals surface area contributed by atoms with Crippen molar-refractivity contribution < 1.29 is 14.3 Å². The Morgan fingerprint density at radius 1 is 1.27 bits per heavy atom. The number of rotatable bonds is 6. The molecule has 26 heavy (non-hydrogen) atoms. The molecule has 1 saturated heterocycles. The van der Waals surface area contributed by atoms with Crippen LogP contribution >= 0.6 is 11.3 Å². The number of benzene rings is 1. The molecular weight excluding hydrogens is 348 g/mol. The molecule has 1 fully saturated rings. The van der Waals surface area contributed by atoms with E-state index in [4.69, 9.17) is 4.74 Å². The average molecular weight is 372 g/mol. The highest BCUT2D eigenvalue weighted by Gasteiger charge is 2.22. The fraction of sp³-hybridized carbons (Fsp3) is 0.400. The molecule has 0 spiro atoms. The second-order valence-electron chi connectivity index (χ2n) is 6.62. The quantitative estimate of drug-likeness (QED) is 0.790. The van der Waals surface area contributed by atoms with Crippen LogP contribution in [-0.2, 0) is 6.54 Å². The van der Waals surface area contributed by atoms with Gasteiger partial charge in [0.1, 0.15) is 5.75 Å². The van der Waals surface area contributed by atoms with Crippen molar-refractivity contribution in [2.45, 2.75) is 32.4 Å². The van der Waals surface area contributed by atoms with Crippen LogP contribution in [0.4, 0.5) is 0 Å². The summed E-state index contributed by atoms with van der Waals surface area (Å²) in [4.78, 5) is 27.4. The van der Waals surface area contributed by atoms with Gasteiger partial charge in [0.05, 0.1) is 16.9 Å². The van der Waals surface area contributed by atoms with E-state index in [1.54, 1.807) is 19.2 Å². The summed E-state index contributed by atoms with van der Waals surface area (Å²) >= 11 is 1.26. The van der Waals surface area contributed by atoms with Gasteiger partial charge >= 0.3 is 0 Å². The normalized spacial score (nSPS) is 17.7. The first-order valence-corrected chi connectivity index (χ1v) is 9.63. The second kappa shape index (κ2) is 8.47. The van der Waals surface area contributed by atoms with E-state index in [0.717, 1.165) is 38.2 Å². The van der Waals surface area contributed by atoms with Crippen molar-refractivity contribution in [1.29, 1.82) is 0 Å². The third kappa shape index (κ3) is 4.71. The summed E-state index contributed by atoms with van der Waals surface area (Å²) in [5.74, 6) is 0.773. The standard InChI is InChI=1S/C20H24N2O3S/c1-14(23)18-8-9-19(26-18)20(24)21-16-6-4-10-22(13-16)12-15-5-3-7-17(11-15)25-2/h3,5,7-9,11,16H,4,6,10,12-13H2,1-2H3,(H,21,24)/t16-/m1/s1. The number of nitrogens with zero attached hydrogens (tertiary/aromatic N) is 1. The SMILES string of the molecule is COc1cccc(CN2CCC[C@@H](NC(=O)c3ccc(C(C)=O)s3)C2)c1. The average Bonchev–Trinajstić information content (AvgIpc) is 3.13. The molecule has 1 aliphatic heterocycles. The number of likely N-dealkylation sites (tertiary alicyclic amines) is 1. The Morgan fingerprint density at radius 3 is 2.81 bits per heavy atom. The molecule has 2 aromatic rings. The summed E-state index contributed by atoms with van der Waals surface area (Å²) in [5.41, 5.74) is 1.21. The maximum atomic E-state index is 12.5. The molecule has 3 rings (SSSR count). The Kier molecular flexibility index (Phi) is 6.06. The van der Waals surface area contributed by atoms with E-state index in [1.165, 1.54) is 23.8 Å². The summed E-state index contributed by atoms with van der Waals surface area (Å²) in [6, 6.07) is 11.7. The molecule has 0 aliphatic carbocycles. The van der Waals surface area contributed by atoms with Crippen molar-refractivity contribution >= 4 is 23.0 Å². The van der Waals surface area contributed by atoms with E-state index in [2.05, 4.69) is 22.3 Å². The predicted octanol–water partition coefficient (Wildman–Crippen LogP) is 3.35. The Balaban J connectivity index is 1.57. The third-order valence-corrected chi connectivity index (χ3v) is 5.74. The molecule has 0 saturated carbocycles. The third-order valence-electron chi connectivity index (χ3n) is 4.56. The zero-order valence-corrected chi connectivity index (χ0v) is 16.0. The van der Waals surface area contributed by atoms with E-state index in [0.29, 0.717) is 9.75 Å². The van der Waals surface area contributed by atoms with Gasteiger partial charge in [-0.2, -0.15) is 0 Å². The van der Waals surface area contributed by atoms with Crippen molar-refractivity contribution in [1.82, 2.24) is 10.2 Å². The van der Waals surface area contributed by atoms with Gasteiger partial charge in [-0.3, -0.25) is 14.5 Å². The fourth-order valence-electron chi connectivity index (χ4n) is 3.25. The first kappa shape index (κ1) is 18.6. The van der Waals surface area contributed by atoms with E-state index >= 15 is 0 Å². The molecule has 1 amide bonds. The minimum absolute atomic E-state index is 0.00354. The van der Waals surface area contributed by atoms with Crippen LogP contribution in [0, 0.1) is 0 Å². The minimum Gasteiger partial charge on any atom is -0.497 e. The lowest BCUT2D eigenvalue weighted by atomic mass is 10.0. The van der Waals surface area contributed by atoms with Crippen molar-refractivity contribution in [3.63, 3.8) is 0 Å². The number of ether oxygens (including phenoxy) is 1. The largest absolute Gasteiger partial charge is 0.497 e. The molecule has 1 atom stereocenters. The van der Waals surface area contributed by atoms with Crippen LogP contribution in [0.3, 0.4) is 0 Å². The van der Waals surface area contributed by atoms with Crippen LogP contribution in [-0.4, -0.2) is 42.8 Å². The van der Waals surface area contributed by atoms with Crippen LogP contribution in [0.5, 0.6) is 5.75 Å². The van der Waals surface area contributed by atoms with Crippen LogP contribution < -0.4 is 10.1 Å². The number of ketones is 1. The van der Waals surface area contributed by atoms with Crippen LogP contribution in [0.1, 0.15) is 44.7 Å². The lowest BCUT2D eigenvalue weighted by Crippen LogP contribution is -2.47. The van der Waals surface area contributed by atoms with E-state index < -0.39 is 0 Å². The Morgan fingerprint density at radius 2 is 2.08 bits per heavy atom. The maximum absolute atomic E-state index is 12.5. The molecule has 1 N–H and O–H groups in total. The van der Waals surface area contributed by atoms with Gasteiger partial charge in [-0.15, -0.1) is 11.3 Å². The number of carbonyl (C=O) groups excluding carboxylic acids is 2. The van der Waals surface area contributed by atoms with Gasteiger partial charge < -0.3 is 10.1 Å². The topological polar surface area (TPSA) is 58.6 Å². The van der Waals surface area contributed by atoms with Gasteiger partial charge in [-0.1, -0.05) is 12.1 Å². The molecule has 0 radical (unpaired) electrons. The highest BCUT2D eigenvalue weighted by molar-refractivity contribution is 7.15. The van der Waals surface area contributed by atoms with E-state index in [9.17, 15) is 9.59 Å². The molecule has 5 nitrogen and oxygen atoms in total. The second-order valence-corrected chi connectivity index (χ2v) is 7.70.